The molecule has 2 amide bonds. The minimum absolute atomic E-state index is 0.312. The van der Waals surface area contributed by atoms with Crippen LogP contribution in [0.25, 0.3) is 0 Å². The molecule has 0 aliphatic carbocycles. The van der Waals surface area contributed by atoms with Crippen molar-refractivity contribution >= 4 is 18.0 Å². The van der Waals surface area contributed by atoms with Crippen LogP contribution in [-0.4, -0.2) is 18.0 Å². The van der Waals surface area contributed by atoms with Crippen molar-refractivity contribution in [2.24, 2.45) is 10.7 Å². The van der Waals surface area contributed by atoms with Crippen LogP contribution in [0.3, 0.4) is 0 Å². The lowest BCUT2D eigenvalue weighted by atomic mass is 10.1. The van der Waals surface area contributed by atoms with Crippen molar-refractivity contribution in [1.82, 2.24) is 0 Å². The van der Waals surface area contributed by atoms with Crippen LogP contribution in [0.15, 0.2) is 29.3 Å². The van der Waals surface area contributed by atoms with Gasteiger partial charge >= 0.3 is 0 Å². The summed E-state index contributed by atoms with van der Waals surface area (Å²) in [6.45, 7) is 1.90. The summed E-state index contributed by atoms with van der Waals surface area (Å²) in [7, 11) is 0. The van der Waals surface area contributed by atoms with Crippen molar-refractivity contribution in [3.63, 3.8) is 0 Å². The average Bonchev–Trinajstić information content (AvgIpc) is 2.26. The highest BCUT2D eigenvalue weighted by atomic mass is 16.1. The Morgan fingerprint density at radius 2 is 1.80 bits per heavy atom. The molecule has 4 nitrogen and oxygen atoms in total. The van der Waals surface area contributed by atoms with Gasteiger partial charge in [0, 0.05) is 17.3 Å². The van der Waals surface area contributed by atoms with E-state index in [0.717, 1.165) is 0 Å². The number of hydrogen-bond acceptors (Lipinski definition) is 2. The number of amides is 2. The Hall–Kier alpha value is -1.97. The zero-order valence-corrected chi connectivity index (χ0v) is 8.43. The number of benzene rings is 1. The highest BCUT2D eigenvalue weighted by Crippen LogP contribution is 2.05. The van der Waals surface area contributed by atoms with Crippen LogP contribution >= 0.6 is 0 Å². The molecule has 0 radical (unpaired) electrons. The Kier molecular flexibility index (Phi) is 3.74. The van der Waals surface area contributed by atoms with E-state index in [2.05, 4.69) is 4.99 Å². The fourth-order valence-corrected chi connectivity index (χ4v) is 1.03. The third kappa shape index (κ3) is 3.02. The zero-order valence-electron chi connectivity index (χ0n) is 8.43. The largest absolute Gasteiger partial charge is 0.366 e. The van der Waals surface area contributed by atoms with E-state index in [1.807, 2.05) is 6.92 Å². The van der Waals surface area contributed by atoms with E-state index in [4.69, 9.17) is 5.73 Å². The van der Waals surface area contributed by atoms with Gasteiger partial charge in [-0.25, -0.2) is 4.99 Å². The van der Waals surface area contributed by atoms with E-state index >= 15 is 0 Å². The smallest absolute Gasteiger partial charge is 0.276 e. The Labute approximate surface area is 87.8 Å². The van der Waals surface area contributed by atoms with Gasteiger partial charge in [-0.15, -0.1) is 0 Å². The maximum Gasteiger partial charge on any atom is 0.276 e. The first kappa shape index (κ1) is 11.1. The van der Waals surface area contributed by atoms with Crippen molar-refractivity contribution in [3.8, 4) is 0 Å². The molecule has 1 rings (SSSR count). The topological polar surface area (TPSA) is 72.5 Å². The molecule has 0 bridgehead atoms. The fourth-order valence-electron chi connectivity index (χ4n) is 1.03. The Bertz CT molecular complexity index is 394. The van der Waals surface area contributed by atoms with Crippen LogP contribution in [0.5, 0.6) is 0 Å². The van der Waals surface area contributed by atoms with Crippen LogP contribution in [0.4, 0.5) is 0 Å². The standard InChI is InChI=1S/C11H12N2O2/c1-2-7-13-11(15)9-5-3-8(4-6-9)10(12)14/h3-7H,2H2,1H3,(H2,12,14). The Balaban J connectivity index is 2.84. The first-order chi connectivity index (χ1) is 7.15. The quantitative estimate of drug-likeness (QED) is 0.756. The summed E-state index contributed by atoms with van der Waals surface area (Å²) in [4.78, 5) is 25.8. The summed E-state index contributed by atoms with van der Waals surface area (Å²) in [5, 5.41) is 0. The number of nitrogens with zero attached hydrogens (tertiary/aromatic N) is 1. The second kappa shape index (κ2) is 5.05. The molecule has 15 heavy (non-hydrogen) atoms. The molecule has 0 aliphatic heterocycles. The molecule has 0 fully saturated rings. The van der Waals surface area contributed by atoms with E-state index in [0.29, 0.717) is 17.5 Å². The highest BCUT2D eigenvalue weighted by molar-refractivity contribution is 6.00. The van der Waals surface area contributed by atoms with Gasteiger partial charge in [0.15, 0.2) is 0 Å². The summed E-state index contributed by atoms with van der Waals surface area (Å²) in [6.07, 6.45) is 2.26. The summed E-state index contributed by atoms with van der Waals surface area (Å²) >= 11 is 0. The van der Waals surface area contributed by atoms with Gasteiger partial charge in [-0.2, -0.15) is 0 Å². The summed E-state index contributed by atoms with van der Waals surface area (Å²) in [5.41, 5.74) is 5.90. The lowest BCUT2D eigenvalue weighted by Crippen LogP contribution is -2.10. The molecular weight excluding hydrogens is 192 g/mol. The van der Waals surface area contributed by atoms with Gasteiger partial charge in [0.2, 0.25) is 5.91 Å². The molecule has 0 spiro atoms. The molecule has 78 valence electrons. The van der Waals surface area contributed by atoms with Crippen LogP contribution in [0, 0.1) is 0 Å². The van der Waals surface area contributed by atoms with Crippen molar-refractivity contribution < 1.29 is 9.59 Å². The fraction of sp³-hybridized carbons (Fsp3) is 0.182. The zero-order chi connectivity index (χ0) is 11.3. The number of hydrogen-bond donors (Lipinski definition) is 1. The lowest BCUT2D eigenvalue weighted by Gasteiger charge is -1.97. The second-order valence-corrected chi connectivity index (χ2v) is 2.97. The Morgan fingerprint density at radius 3 is 2.27 bits per heavy atom. The highest BCUT2D eigenvalue weighted by Gasteiger charge is 2.04. The number of carbonyl (C=O) groups excluding carboxylic acids is 2. The maximum absolute atomic E-state index is 11.4. The molecule has 0 saturated carbocycles. The molecule has 0 heterocycles. The molecule has 0 aliphatic rings. The van der Waals surface area contributed by atoms with Gasteiger partial charge in [-0.3, -0.25) is 9.59 Å². The summed E-state index contributed by atoms with van der Waals surface area (Å²) in [5.74, 6) is -0.820. The van der Waals surface area contributed by atoms with Crippen molar-refractivity contribution in [2.45, 2.75) is 13.3 Å². The predicted octanol–water partition coefficient (Wildman–Crippen LogP) is 1.41. The number of rotatable bonds is 3. The van der Waals surface area contributed by atoms with Gasteiger partial charge in [0.25, 0.3) is 5.91 Å². The van der Waals surface area contributed by atoms with Gasteiger partial charge in [0.1, 0.15) is 0 Å². The normalized spacial score (nSPS) is 10.5. The third-order valence-corrected chi connectivity index (χ3v) is 1.81. The minimum Gasteiger partial charge on any atom is -0.366 e. The van der Waals surface area contributed by atoms with Crippen molar-refractivity contribution in [1.29, 1.82) is 0 Å². The van der Waals surface area contributed by atoms with Crippen molar-refractivity contribution in [2.75, 3.05) is 0 Å². The summed E-state index contributed by atoms with van der Waals surface area (Å²) < 4.78 is 0. The number of primary amides is 1. The SMILES string of the molecule is CCC=NC(=O)c1ccc(C(N)=O)cc1. The summed E-state index contributed by atoms with van der Waals surface area (Å²) in [6, 6.07) is 6.10. The van der Waals surface area contributed by atoms with Crippen molar-refractivity contribution in [3.05, 3.63) is 35.4 Å². The second-order valence-electron chi connectivity index (χ2n) is 2.97. The van der Waals surface area contributed by atoms with Crippen LogP contribution in [-0.2, 0) is 0 Å². The lowest BCUT2D eigenvalue weighted by molar-refractivity contribution is 0.0990. The van der Waals surface area contributed by atoms with E-state index in [-0.39, 0.29) is 5.91 Å². The van der Waals surface area contributed by atoms with Gasteiger partial charge < -0.3 is 5.73 Å². The molecule has 1 aromatic carbocycles. The van der Waals surface area contributed by atoms with Gasteiger partial charge in [-0.05, 0) is 30.7 Å². The molecule has 1 aromatic rings. The molecular formula is C11H12N2O2. The number of carbonyl (C=O) groups is 2. The Morgan fingerprint density at radius 1 is 1.27 bits per heavy atom. The first-order valence-electron chi connectivity index (χ1n) is 4.62. The van der Waals surface area contributed by atoms with E-state index in [9.17, 15) is 9.59 Å². The molecule has 0 unspecified atom stereocenters. The molecule has 0 atom stereocenters. The molecule has 2 N–H and O–H groups in total. The van der Waals surface area contributed by atoms with Crippen LogP contribution in [0.2, 0.25) is 0 Å². The molecule has 0 saturated heterocycles. The van der Waals surface area contributed by atoms with E-state index < -0.39 is 5.91 Å². The first-order valence-corrected chi connectivity index (χ1v) is 4.62. The van der Waals surface area contributed by atoms with E-state index in [1.54, 1.807) is 6.21 Å². The number of nitrogens with two attached hydrogens (primary N) is 1. The predicted molar refractivity (Wildman–Crippen MR) is 58.1 cm³/mol. The molecule has 0 aromatic heterocycles. The third-order valence-electron chi connectivity index (χ3n) is 1.81. The van der Waals surface area contributed by atoms with Gasteiger partial charge in [0.05, 0.1) is 0 Å². The monoisotopic (exact) mass is 204 g/mol. The molecule has 4 heteroatoms. The van der Waals surface area contributed by atoms with E-state index in [1.165, 1.54) is 24.3 Å². The van der Waals surface area contributed by atoms with Crippen LogP contribution < -0.4 is 5.73 Å². The van der Waals surface area contributed by atoms with Crippen LogP contribution in [0.1, 0.15) is 34.1 Å². The minimum atomic E-state index is -0.508. The average molecular weight is 204 g/mol. The van der Waals surface area contributed by atoms with Gasteiger partial charge in [-0.1, -0.05) is 6.92 Å². The maximum atomic E-state index is 11.4. The number of aliphatic imine (C=N–C) groups is 1.